The Balaban J connectivity index is 1.15. The van der Waals surface area contributed by atoms with Crippen molar-refractivity contribution < 1.29 is 14.3 Å². The molecular weight excluding hydrogens is 467 g/mol. The maximum absolute atomic E-state index is 14.3. The molecule has 1 fully saturated rings. The van der Waals surface area contributed by atoms with E-state index in [9.17, 15) is 14.3 Å². The van der Waals surface area contributed by atoms with Gasteiger partial charge in [-0.1, -0.05) is 41.9 Å². The van der Waals surface area contributed by atoms with E-state index in [1.165, 1.54) is 18.1 Å². The van der Waals surface area contributed by atoms with Gasteiger partial charge >= 0.3 is 0 Å². The number of fused-ring (bicyclic) bond motifs is 3. The largest absolute Gasteiger partial charge is 0.393 e. The molecule has 8 heteroatoms. The third-order valence-corrected chi connectivity index (χ3v) is 8.28. The lowest BCUT2D eigenvalue weighted by atomic mass is 9.86. The van der Waals surface area contributed by atoms with Gasteiger partial charge in [-0.05, 0) is 43.7 Å². The van der Waals surface area contributed by atoms with Gasteiger partial charge in [-0.25, -0.2) is 9.37 Å². The Kier molecular flexibility index (Phi) is 6.49. The minimum absolute atomic E-state index is 0.0345. The molecule has 1 saturated heterocycles. The van der Waals surface area contributed by atoms with Crippen molar-refractivity contribution in [2.24, 2.45) is 5.92 Å². The van der Waals surface area contributed by atoms with Crippen LogP contribution in [0.4, 0.5) is 4.39 Å². The standard InChI is InChI=1S/C27H32ClFN4O2/c1-27(29)10-7-19(13-25(27)28)31(2)16-26(35)32-11-8-18(9-12-32)24(34)14-22-20-5-3-4-6-21(20)23-15-30-17-33(22)23/h3-7,13,15,17-18,22,24,34H,8-12,14,16H2,1-2H3. The predicted octanol–water partition coefficient (Wildman–Crippen LogP) is 4.51. The van der Waals surface area contributed by atoms with Crippen LogP contribution in [0.3, 0.4) is 0 Å². The molecule has 3 unspecified atom stereocenters. The van der Waals surface area contributed by atoms with Gasteiger partial charge in [0.1, 0.15) is 5.67 Å². The third kappa shape index (κ3) is 4.64. The van der Waals surface area contributed by atoms with E-state index in [4.69, 9.17) is 11.6 Å². The summed E-state index contributed by atoms with van der Waals surface area (Å²) >= 11 is 6.08. The zero-order valence-corrected chi connectivity index (χ0v) is 21.0. The number of hydrogen-bond donors (Lipinski definition) is 1. The van der Waals surface area contributed by atoms with Crippen LogP contribution in [0.2, 0.25) is 0 Å². The van der Waals surface area contributed by atoms with Gasteiger partial charge in [0.15, 0.2) is 0 Å². The number of imidazole rings is 1. The predicted molar refractivity (Wildman–Crippen MR) is 135 cm³/mol. The van der Waals surface area contributed by atoms with E-state index in [-0.39, 0.29) is 35.9 Å². The minimum Gasteiger partial charge on any atom is -0.393 e. The number of halogens is 2. The molecule has 1 aromatic heterocycles. The molecule has 1 aromatic carbocycles. The number of nitrogens with zero attached hydrogens (tertiary/aromatic N) is 4. The first-order chi connectivity index (χ1) is 16.7. The number of piperidine rings is 1. The number of aliphatic hydroxyl groups is 1. The molecule has 6 nitrogen and oxygen atoms in total. The van der Waals surface area contributed by atoms with E-state index in [1.807, 2.05) is 41.5 Å². The van der Waals surface area contributed by atoms with Gasteiger partial charge in [-0.3, -0.25) is 4.79 Å². The van der Waals surface area contributed by atoms with Gasteiger partial charge in [-0.15, -0.1) is 0 Å². The first kappa shape index (κ1) is 24.1. The monoisotopic (exact) mass is 498 g/mol. The molecule has 5 rings (SSSR count). The highest BCUT2D eigenvalue weighted by Gasteiger charge is 2.34. The van der Waals surface area contributed by atoms with E-state index >= 15 is 0 Å². The van der Waals surface area contributed by atoms with Crippen LogP contribution in [0.15, 0.2) is 59.7 Å². The summed E-state index contributed by atoms with van der Waals surface area (Å²) < 4.78 is 16.4. The van der Waals surface area contributed by atoms with Crippen LogP contribution in [-0.4, -0.2) is 68.8 Å². The number of aliphatic hydroxyl groups excluding tert-OH is 1. The average Bonchev–Trinajstić information content (AvgIpc) is 3.43. The molecule has 2 aromatic rings. The van der Waals surface area contributed by atoms with Crippen LogP contribution in [0.5, 0.6) is 0 Å². The lowest BCUT2D eigenvalue weighted by molar-refractivity contribution is -0.133. The van der Waals surface area contributed by atoms with Gasteiger partial charge in [0.2, 0.25) is 5.91 Å². The number of alkyl halides is 1. The van der Waals surface area contributed by atoms with Crippen molar-refractivity contribution in [3.05, 3.63) is 65.2 Å². The SMILES string of the molecule is CN(CC(=O)N1CCC(C(O)CC2c3ccccc3-c3cncn32)CC1)C1=CCC(C)(F)C(Cl)=C1. The molecule has 2 aliphatic heterocycles. The molecule has 1 amide bonds. The maximum atomic E-state index is 14.3. The molecular formula is C27H32ClFN4O2. The van der Waals surface area contributed by atoms with Crippen LogP contribution in [0, 0.1) is 5.92 Å². The molecule has 1 aliphatic carbocycles. The Hall–Kier alpha value is -2.64. The van der Waals surface area contributed by atoms with Gasteiger partial charge in [0.25, 0.3) is 0 Å². The number of likely N-dealkylation sites (tertiary alicyclic amines) is 1. The Morgan fingerprint density at radius 3 is 2.83 bits per heavy atom. The Morgan fingerprint density at radius 2 is 2.09 bits per heavy atom. The molecule has 0 bridgehead atoms. The fourth-order valence-corrected chi connectivity index (χ4v) is 5.71. The van der Waals surface area contributed by atoms with Gasteiger partial charge in [0.05, 0.1) is 41.9 Å². The van der Waals surface area contributed by atoms with Crippen molar-refractivity contribution >= 4 is 17.5 Å². The number of rotatable bonds is 6. The number of likely N-dealkylation sites (N-methyl/N-ethyl adjacent to an activating group) is 1. The van der Waals surface area contributed by atoms with Crippen LogP contribution >= 0.6 is 11.6 Å². The number of carbonyl (C=O) groups is 1. The van der Waals surface area contributed by atoms with Crippen molar-refractivity contribution in [3.63, 3.8) is 0 Å². The van der Waals surface area contributed by atoms with Crippen molar-refractivity contribution in [1.29, 1.82) is 0 Å². The maximum Gasteiger partial charge on any atom is 0.242 e. The second kappa shape index (κ2) is 9.43. The lowest BCUT2D eigenvalue weighted by Gasteiger charge is -2.36. The number of aromatic nitrogens is 2. The molecule has 35 heavy (non-hydrogen) atoms. The Labute approximate surface area is 210 Å². The summed E-state index contributed by atoms with van der Waals surface area (Å²) in [5.41, 5.74) is 2.74. The molecule has 3 atom stereocenters. The number of hydrogen-bond acceptors (Lipinski definition) is 4. The molecule has 186 valence electrons. The highest BCUT2D eigenvalue weighted by Crippen LogP contribution is 2.42. The number of amides is 1. The second-order valence-corrected chi connectivity index (χ2v) is 10.6. The van der Waals surface area contributed by atoms with Crippen molar-refractivity contribution in [3.8, 4) is 11.3 Å². The summed E-state index contributed by atoms with van der Waals surface area (Å²) in [5, 5.41) is 11.3. The van der Waals surface area contributed by atoms with Crippen LogP contribution in [0.1, 0.15) is 44.2 Å². The smallest absolute Gasteiger partial charge is 0.242 e. The molecule has 0 spiro atoms. The van der Waals surface area contributed by atoms with E-state index < -0.39 is 11.8 Å². The second-order valence-electron chi connectivity index (χ2n) is 10.2. The highest BCUT2D eigenvalue weighted by molar-refractivity contribution is 6.31. The zero-order chi connectivity index (χ0) is 24.7. The number of allylic oxidation sites excluding steroid dienone is 3. The molecule has 1 N–H and O–H groups in total. The molecule has 0 saturated carbocycles. The van der Waals surface area contributed by atoms with Crippen LogP contribution < -0.4 is 0 Å². The van der Waals surface area contributed by atoms with E-state index in [1.54, 1.807) is 12.2 Å². The van der Waals surface area contributed by atoms with Crippen LogP contribution in [0.25, 0.3) is 11.3 Å². The van der Waals surface area contributed by atoms with Crippen molar-refractivity contribution in [2.45, 2.75) is 50.4 Å². The summed E-state index contributed by atoms with van der Waals surface area (Å²) in [4.78, 5) is 20.9. The minimum atomic E-state index is -1.54. The first-order valence-corrected chi connectivity index (χ1v) is 12.7. The molecule has 3 heterocycles. The number of benzene rings is 1. The Bertz CT molecular complexity index is 1170. The fourth-order valence-electron chi connectivity index (χ4n) is 5.52. The summed E-state index contributed by atoms with van der Waals surface area (Å²) in [7, 11) is 1.83. The van der Waals surface area contributed by atoms with E-state index in [0.29, 0.717) is 19.5 Å². The Morgan fingerprint density at radius 1 is 1.34 bits per heavy atom. The lowest BCUT2D eigenvalue weighted by Crippen LogP contribution is -2.45. The molecule has 3 aliphatic rings. The zero-order valence-electron chi connectivity index (χ0n) is 20.2. The normalized spacial score (nSPS) is 24.9. The van der Waals surface area contributed by atoms with Crippen LogP contribution in [-0.2, 0) is 4.79 Å². The fraction of sp³-hybridized carbons (Fsp3) is 0.481. The van der Waals surface area contributed by atoms with Gasteiger partial charge in [0, 0.05) is 37.8 Å². The van der Waals surface area contributed by atoms with E-state index in [2.05, 4.69) is 21.7 Å². The highest BCUT2D eigenvalue weighted by atomic mass is 35.5. The van der Waals surface area contributed by atoms with Crippen molar-refractivity contribution in [1.82, 2.24) is 19.4 Å². The summed E-state index contributed by atoms with van der Waals surface area (Å²) in [6.45, 7) is 2.93. The molecule has 0 radical (unpaired) electrons. The van der Waals surface area contributed by atoms with Gasteiger partial charge < -0.3 is 19.5 Å². The average molecular weight is 499 g/mol. The van der Waals surface area contributed by atoms with E-state index in [0.717, 1.165) is 24.2 Å². The summed E-state index contributed by atoms with van der Waals surface area (Å²) in [6.07, 6.45) is 9.06. The quantitative estimate of drug-likeness (QED) is 0.636. The van der Waals surface area contributed by atoms with Crippen molar-refractivity contribution in [2.75, 3.05) is 26.7 Å². The summed E-state index contributed by atoms with van der Waals surface area (Å²) in [5.74, 6) is 0.189. The summed E-state index contributed by atoms with van der Waals surface area (Å²) in [6, 6.07) is 8.41. The van der Waals surface area contributed by atoms with Gasteiger partial charge in [-0.2, -0.15) is 0 Å². The third-order valence-electron chi connectivity index (χ3n) is 7.78. The number of carbonyl (C=O) groups excluding carboxylic acids is 1. The first-order valence-electron chi connectivity index (χ1n) is 12.3. The topological polar surface area (TPSA) is 61.6 Å².